The van der Waals surface area contributed by atoms with Crippen molar-refractivity contribution in [3.05, 3.63) is 18.2 Å². The molecule has 0 aromatic carbocycles. The molecule has 1 atom stereocenters. The first-order chi connectivity index (χ1) is 4.83. The molecular weight excluding hydrogens is 133 g/mol. The van der Waals surface area contributed by atoms with Crippen molar-refractivity contribution < 1.29 is 4.39 Å². The smallest absolute Gasteiger partial charge is 0.105 e. The Labute approximate surface area is 58.5 Å². The van der Waals surface area contributed by atoms with Crippen molar-refractivity contribution in [2.75, 3.05) is 6.67 Å². The average molecular weight is 143 g/mol. The summed E-state index contributed by atoms with van der Waals surface area (Å²) in [6, 6.07) is -0.402. The van der Waals surface area contributed by atoms with Crippen LogP contribution in [-0.2, 0) is 6.42 Å². The maximum atomic E-state index is 11.8. The predicted octanol–water partition coefficient (Wildman–Crippen LogP) is 0.249. The van der Waals surface area contributed by atoms with E-state index in [1.807, 2.05) is 0 Å². The number of hydrogen-bond acceptors (Lipinski definition) is 2. The third kappa shape index (κ3) is 1.80. The number of alkyl halides is 1. The van der Waals surface area contributed by atoms with Gasteiger partial charge < -0.3 is 10.7 Å². The van der Waals surface area contributed by atoms with Gasteiger partial charge in [-0.3, -0.25) is 0 Å². The lowest BCUT2D eigenvalue weighted by Gasteiger charge is -2.02. The van der Waals surface area contributed by atoms with Crippen molar-refractivity contribution in [3.63, 3.8) is 0 Å². The number of imidazole rings is 1. The summed E-state index contributed by atoms with van der Waals surface area (Å²) in [6.45, 7) is -0.487. The molecule has 0 aliphatic carbocycles. The fourth-order valence-electron chi connectivity index (χ4n) is 0.733. The van der Waals surface area contributed by atoms with Crippen LogP contribution in [0, 0.1) is 0 Å². The minimum absolute atomic E-state index is 0.402. The van der Waals surface area contributed by atoms with Gasteiger partial charge in [0.05, 0.1) is 6.33 Å². The van der Waals surface area contributed by atoms with E-state index >= 15 is 0 Å². The van der Waals surface area contributed by atoms with E-state index < -0.39 is 12.7 Å². The second kappa shape index (κ2) is 3.31. The molecule has 0 bridgehead atoms. The molecule has 0 spiro atoms. The Hall–Kier alpha value is -0.900. The summed E-state index contributed by atoms with van der Waals surface area (Å²) in [5, 5.41) is 0. The highest BCUT2D eigenvalue weighted by atomic mass is 19.1. The van der Waals surface area contributed by atoms with Gasteiger partial charge in [0, 0.05) is 24.4 Å². The molecule has 1 aromatic heterocycles. The lowest BCUT2D eigenvalue weighted by molar-refractivity contribution is 0.425. The lowest BCUT2D eigenvalue weighted by Crippen LogP contribution is -2.24. The molecule has 1 aromatic rings. The first-order valence-corrected chi connectivity index (χ1v) is 3.11. The van der Waals surface area contributed by atoms with E-state index in [-0.39, 0.29) is 0 Å². The monoisotopic (exact) mass is 143 g/mol. The van der Waals surface area contributed by atoms with E-state index in [9.17, 15) is 4.39 Å². The summed E-state index contributed by atoms with van der Waals surface area (Å²) in [7, 11) is 0. The summed E-state index contributed by atoms with van der Waals surface area (Å²) >= 11 is 0. The standard InChI is InChI=1S/C6H10FN3/c7-2-5(8)1-6-3-9-4-10-6/h3-5H,1-2,8H2,(H,9,10). The first-order valence-electron chi connectivity index (χ1n) is 3.11. The van der Waals surface area contributed by atoms with Crippen LogP contribution in [0.2, 0.25) is 0 Å². The van der Waals surface area contributed by atoms with Gasteiger partial charge in [-0.1, -0.05) is 0 Å². The summed E-state index contributed by atoms with van der Waals surface area (Å²) in [5.41, 5.74) is 6.22. The normalized spacial score (nSPS) is 13.4. The Morgan fingerprint density at radius 2 is 2.60 bits per heavy atom. The SMILES string of the molecule is NC(CF)Cc1cnc[nH]1. The van der Waals surface area contributed by atoms with E-state index in [0.717, 1.165) is 5.69 Å². The fourth-order valence-corrected chi connectivity index (χ4v) is 0.733. The molecule has 0 saturated carbocycles. The summed E-state index contributed by atoms with van der Waals surface area (Å²) in [5.74, 6) is 0. The molecule has 1 unspecified atom stereocenters. The van der Waals surface area contributed by atoms with Gasteiger partial charge in [-0.15, -0.1) is 0 Å². The molecule has 0 amide bonds. The van der Waals surface area contributed by atoms with E-state index in [1.54, 1.807) is 12.5 Å². The van der Waals surface area contributed by atoms with Crippen molar-refractivity contribution in [1.29, 1.82) is 0 Å². The van der Waals surface area contributed by atoms with Crippen LogP contribution in [0.1, 0.15) is 5.69 Å². The van der Waals surface area contributed by atoms with Gasteiger partial charge in [0.1, 0.15) is 6.67 Å². The topological polar surface area (TPSA) is 54.7 Å². The maximum absolute atomic E-state index is 11.8. The Balaban J connectivity index is 2.40. The predicted molar refractivity (Wildman–Crippen MR) is 36.2 cm³/mol. The zero-order chi connectivity index (χ0) is 7.40. The minimum Gasteiger partial charge on any atom is -0.348 e. The first kappa shape index (κ1) is 7.21. The van der Waals surface area contributed by atoms with Crippen molar-refractivity contribution in [2.45, 2.75) is 12.5 Å². The Morgan fingerprint density at radius 1 is 1.80 bits per heavy atom. The molecule has 1 heterocycles. The molecule has 1 rings (SSSR count). The van der Waals surface area contributed by atoms with Crippen LogP contribution in [0.3, 0.4) is 0 Å². The zero-order valence-electron chi connectivity index (χ0n) is 5.55. The third-order valence-electron chi connectivity index (χ3n) is 1.24. The van der Waals surface area contributed by atoms with Crippen LogP contribution in [0.25, 0.3) is 0 Å². The van der Waals surface area contributed by atoms with Gasteiger partial charge in [-0.2, -0.15) is 0 Å². The summed E-state index contributed by atoms with van der Waals surface area (Å²) < 4.78 is 11.8. The largest absolute Gasteiger partial charge is 0.348 e. The van der Waals surface area contributed by atoms with Crippen LogP contribution in [0.15, 0.2) is 12.5 Å². The van der Waals surface area contributed by atoms with Crippen LogP contribution in [0.4, 0.5) is 4.39 Å². The molecule has 0 fully saturated rings. The number of aromatic amines is 1. The zero-order valence-corrected chi connectivity index (χ0v) is 5.55. The van der Waals surface area contributed by atoms with E-state index in [1.165, 1.54) is 0 Å². The van der Waals surface area contributed by atoms with Crippen molar-refractivity contribution >= 4 is 0 Å². The summed E-state index contributed by atoms with van der Waals surface area (Å²) in [4.78, 5) is 6.62. The van der Waals surface area contributed by atoms with Crippen LogP contribution in [-0.4, -0.2) is 22.7 Å². The highest BCUT2D eigenvalue weighted by molar-refractivity contribution is 4.96. The number of nitrogens with two attached hydrogens (primary N) is 1. The van der Waals surface area contributed by atoms with Crippen LogP contribution < -0.4 is 5.73 Å². The van der Waals surface area contributed by atoms with Crippen molar-refractivity contribution in [2.24, 2.45) is 5.73 Å². The lowest BCUT2D eigenvalue weighted by atomic mass is 10.2. The molecule has 0 aliphatic heterocycles. The van der Waals surface area contributed by atoms with Gasteiger partial charge in [-0.05, 0) is 0 Å². The highest BCUT2D eigenvalue weighted by Gasteiger charge is 2.02. The van der Waals surface area contributed by atoms with Gasteiger partial charge in [0.25, 0.3) is 0 Å². The summed E-state index contributed by atoms with van der Waals surface area (Å²) in [6.07, 6.45) is 3.73. The molecule has 4 heteroatoms. The van der Waals surface area contributed by atoms with E-state index in [2.05, 4.69) is 9.97 Å². The second-order valence-corrected chi connectivity index (χ2v) is 2.20. The second-order valence-electron chi connectivity index (χ2n) is 2.20. The fraction of sp³-hybridized carbons (Fsp3) is 0.500. The van der Waals surface area contributed by atoms with Gasteiger partial charge in [0.15, 0.2) is 0 Å². The van der Waals surface area contributed by atoms with Gasteiger partial charge >= 0.3 is 0 Å². The van der Waals surface area contributed by atoms with E-state index in [4.69, 9.17) is 5.73 Å². The quantitative estimate of drug-likeness (QED) is 0.637. The number of aromatic nitrogens is 2. The Morgan fingerprint density at radius 3 is 3.10 bits per heavy atom. The highest BCUT2D eigenvalue weighted by Crippen LogP contribution is 1.95. The maximum Gasteiger partial charge on any atom is 0.105 e. The molecule has 3 nitrogen and oxygen atoms in total. The molecule has 56 valence electrons. The number of nitrogens with zero attached hydrogens (tertiary/aromatic N) is 1. The van der Waals surface area contributed by atoms with Crippen molar-refractivity contribution in [3.8, 4) is 0 Å². The minimum atomic E-state index is -0.487. The number of halogens is 1. The molecule has 0 aliphatic rings. The molecule has 0 radical (unpaired) electrons. The third-order valence-corrected chi connectivity index (χ3v) is 1.24. The molecule has 0 saturated heterocycles. The molecule has 10 heavy (non-hydrogen) atoms. The van der Waals surface area contributed by atoms with Gasteiger partial charge in [0.2, 0.25) is 0 Å². The Bertz CT molecular complexity index is 173. The van der Waals surface area contributed by atoms with Crippen LogP contribution >= 0.6 is 0 Å². The Kier molecular flexibility index (Phi) is 2.39. The van der Waals surface area contributed by atoms with Crippen molar-refractivity contribution in [1.82, 2.24) is 9.97 Å². The molecular formula is C6H10FN3. The number of hydrogen-bond donors (Lipinski definition) is 2. The molecule has 3 N–H and O–H groups in total. The van der Waals surface area contributed by atoms with Crippen LogP contribution in [0.5, 0.6) is 0 Å². The van der Waals surface area contributed by atoms with Gasteiger partial charge in [-0.25, -0.2) is 9.37 Å². The number of rotatable bonds is 3. The number of nitrogens with one attached hydrogen (secondary N) is 1. The average Bonchev–Trinajstić information content (AvgIpc) is 2.40. The number of H-pyrrole nitrogens is 1. The van der Waals surface area contributed by atoms with E-state index in [0.29, 0.717) is 6.42 Å².